The second kappa shape index (κ2) is 7.23. The van der Waals surface area contributed by atoms with E-state index in [-0.39, 0.29) is 11.3 Å². The van der Waals surface area contributed by atoms with E-state index >= 15 is 0 Å². The van der Waals surface area contributed by atoms with Crippen molar-refractivity contribution in [1.82, 2.24) is 10.2 Å². The monoisotopic (exact) mass is 375 g/mol. The van der Waals surface area contributed by atoms with Gasteiger partial charge in [0.15, 0.2) is 0 Å². The van der Waals surface area contributed by atoms with Crippen LogP contribution in [0.4, 0.5) is 0 Å². The Labute approximate surface area is 165 Å². The zero-order valence-corrected chi connectivity index (χ0v) is 16.1. The minimum atomic E-state index is -0.410. The fourth-order valence-corrected chi connectivity index (χ4v) is 4.11. The van der Waals surface area contributed by atoms with Gasteiger partial charge in [-0.15, -0.1) is 0 Å². The molecule has 5 heteroatoms. The Morgan fingerprint density at radius 3 is 2.75 bits per heavy atom. The molecule has 1 aromatic rings. The van der Waals surface area contributed by atoms with Gasteiger partial charge in [0, 0.05) is 17.5 Å². The molecule has 144 valence electrons. The van der Waals surface area contributed by atoms with Gasteiger partial charge < -0.3 is 15.0 Å². The van der Waals surface area contributed by atoms with Crippen LogP contribution in [0.2, 0.25) is 0 Å². The minimum Gasteiger partial charge on any atom is -0.375 e. The van der Waals surface area contributed by atoms with Crippen molar-refractivity contribution in [1.29, 1.82) is 0 Å². The topological polar surface area (TPSA) is 61.8 Å². The standard InChI is InChI=1S/C23H25N3O2/c1-3-20(22(28)26-16(2)23(11-12-23)13-19(26)15-27)24-14-18-9-10-21(25-18)17-7-5-4-6-8-17/h3-9,15,19,24H,2,10-14H2,1H3/b20-3+. The molecule has 2 fully saturated rings. The number of nitrogens with one attached hydrogen (secondary N) is 1. The van der Waals surface area contributed by atoms with Crippen LogP contribution in [0.25, 0.3) is 0 Å². The maximum atomic E-state index is 13.1. The lowest BCUT2D eigenvalue weighted by molar-refractivity contribution is -0.129. The van der Waals surface area contributed by atoms with Crippen LogP contribution < -0.4 is 5.32 Å². The van der Waals surface area contributed by atoms with Crippen molar-refractivity contribution in [3.05, 3.63) is 71.7 Å². The Balaban J connectivity index is 1.41. The summed E-state index contributed by atoms with van der Waals surface area (Å²) in [5.41, 5.74) is 4.32. The first-order chi connectivity index (χ1) is 13.6. The van der Waals surface area contributed by atoms with Crippen molar-refractivity contribution in [3.63, 3.8) is 0 Å². The van der Waals surface area contributed by atoms with Gasteiger partial charge in [0.05, 0.1) is 29.7 Å². The van der Waals surface area contributed by atoms with Crippen LogP contribution in [0.1, 0.15) is 38.2 Å². The SMILES string of the molecule is C=C1N(C(=O)/C(=C\C)NCC2=CCC(c3ccccc3)=N2)C(C=O)CC12CC2. The summed E-state index contributed by atoms with van der Waals surface area (Å²) in [6.07, 6.45) is 8.24. The third-order valence-electron chi connectivity index (χ3n) is 5.96. The quantitative estimate of drug-likeness (QED) is 0.613. The van der Waals surface area contributed by atoms with Crippen molar-refractivity contribution in [2.24, 2.45) is 10.4 Å². The summed E-state index contributed by atoms with van der Waals surface area (Å²) in [5, 5.41) is 3.21. The molecule has 28 heavy (non-hydrogen) atoms. The van der Waals surface area contributed by atoms with Crippen molar-refractivity contribution in [2.45, 2.75) is 38.6 Å². The number of hydrogen-bond donors (Lipinski definition) is 1. The third kappa shape index (κ3) is 3.21. The van der Waals surface area contributed by atoms with E-state index in [9.17, 15) is 9.59 Å². The molecule has 2 heterocycles. The number of rotatable bonds is 6. The first-order valence-electron chi connectivity index (χ1n) is 9.78. The molecule has 1 aliphatic carbocycles. The smallest absolute Gasteiger partial charge is 0.274 e. The van der Waals surface area contributed by atoms with Gasteiger partial charge in [-0.1, -0.05) is 49.1 Å². The van der Waals surface area contributed by atoms with E-state index in [0.29, 0.717) is 18.7 Å². The number of nitrogens with zero attached hydrogens (tertiary/aromatic N) is 2. The fraction of sp³-hybridized carbons (Fsp3) is 0.348. The number of amides is 1. The zero-order valence-electron chi connectivity index (χ0n) is 16.1. The maximum absolute atomic E-state index is 13.1. The molecule has 2 aliphatic heterocycles. The lowest BCUT2D eigenvalue weighted by Gasteiger charge is -2.24. The Hall–Kier alpha value is -2.95. The second-order valence-corrected chi connectivity index (χ2v) is 7.69. The minimum absolute atomic E-state index is 0.0249. The fourth-order valence-electron chi connectivity index (χ4n) is 4.11. The summed E-state index contributed by atoms with van der Waals surface area (Å²) in [6, 6.07) is 9.69. The van der Waals surface area contributed by atoms with Crippen LogP contribution in [0, 0.1) is 5.41 Å². The molecule has 3 aliphatic rings. The predicted molar refractivity (Wildman–Crippen MR) is 110 cm³/mol. The Morgan fingerprint density at radius 1 is 1.36 bits per heavy atom. The molecule has 1 spiro atoms. The molecular weight excluding hydrogens is 350 g/mol. The number of likely N-dealkylation sites (tertiary alicyclic amines) is 1. The molecule has 1 saturated carbocycles. The summed E-state index contributed by atoms with van der Waals surface area (Å²) in [5.74, 6) is -0.181. The van der Waals surface area contributed by atoms with E-state index < -0.39 is 6.04 Å². The van der Waals surface area contributed by atoms with E-state index in [4.69, 9.17) is 0 Å². The van der Waals surface area contributed by atoms with Gasteiger partial charge in [-0.3, -0.25) is 9.79 Å². The summed E-state index contributed by atoms with van der Waals surface area (Å²) >= 11 is 0. The van der Waals surface area contributed by atoms with Gasteiger partial charge in [-0.05, 0) is 31.7 Å². The number of carbonyl (C=O) groups is 2. The van der Waals surface area contributed by atoms with Crippen LogP contribution in [-0.2, 0) is 9.59 Å². The van der Waals surface area contributed by atoms with Gasteiger partial charge in [-0.25, -0.2) is 0 Å². The summed E-state index contributed by atoms with van der Waals surface area (Å²) in [6.45, 7) is 6.42. The number of aliphatic imine (C=N–C) groups is 1. The van der Waals surface area contributed by atoms with Crippen LogP contribution in [0.5, 0.6) is 0 Å². The Kier molecular flexibility index (Phi) is 4.75. The van der Waals surface area contributed by atoms with Gasteiger partial charge in [0.2, 0.25) is 0 Å². The van der Waals surface area contributed by atoms with E-state index in [0.717, 1.165) is 48.2 Å². The molecule has 1 unspecified atom stereocenters. The number of hydrogen-bond acceptors (Lipinski definition) is 4. The van der Waals surface area contributed by atoms with Crippen molar-refractivity contribution < 1.29 is 9.59 Å². The second-order valence-electron chi connectivity index (χ2n) is 7.69. The predicted octanol–water partition coefficient (Wildman–Crippen LogP) is 3.35. The average molecular weight is 375 g/mol. The van der Waals surface area contributed by atoms with Gasteiger partial charge in [0.25, 0.3) is 5.91 Å². The first-order valence-corrected chi connectivity index (χ1v) is 9.78. The molecule has 1 N–H and O–H groups in total. The van der Waals surface area contributed by atoms with Crippen LogP contribution in [-0.4, -0.2) is 35.4 Å². The maximum Gasteiger partial charge on any atom is 0.274 e. The summed E-state index contributed by atoms with van der Waals surface area (Å²) in [7, 11) is 0. The molecule has 0 aromatic heterocycles. The van der Waals surface area contributed by atoms with Crippen molar-refractivity contribution in [2.75, 3.05) is 6.54 Å². The van der Waals surface area contributed by atoms with Crippen LogP contribution in [0.15, 0.2) is 71.1 Å². The molecule has 0 bridgehead atoms. The Bertz CT molecular complexity index is 907. The van der Waals surface area contributed by atoms with Gasteiger partial charge in [0.1, 0.15) is 6.29 Å². The van der Waals surface area contributed by atoms with Crippen molar-refractivity contribution >= 4 is 17.9 Å². The lowest BCUT2D eigenvalue weighted by Crippen LogP contribution is -2.39. The van der Waals surface area contributed by atoms with E-state index in [1.54, 1.807) is 11.0 Å². The molecule has 1 saturated heterocycles. The largest absolute Gasteiger partial charge is 0.375 e. The molecule has 4 rings (SSSR count). The van der Waals surface area contributed by atoms with Gasteiger partial charge in [-0.2, -0.15) is 0 Å². The lowest BCUT2D eigenvalue weighted by atomic mass is 10.0. The molecule has 0 radical (unpaired) electrons. The molecule has 1 atom stereocenters. The third-order valence-corrected chi connectivity index (χ3v) is 5.96. The number of benzene rings is 1. The highest BCUT2D eigenvalue weighted by Crippen LogP contribution is 2.60. The molecule has 1 amide bonds. The first kappa shape index (κ1) is 18.4. The average Bonchev–Trinajstić information content (AvgIpc) is 3.25. The van der Waals surface area contributed by atoms with Crippen LogP contribution in [0.3, 0.4) is 0 Å². The van der Waals surface area contributed by atoms with E-state index in [1.807, 2.05) is 25.1 Å². The Morgan fingerprint density at radius 2 is 2.11 bits per heavy atom. The highest BCUT2D eigenvalue weighted by atomic mass is 16.2. The number of allylic oxidation sites excluding steroid dienone is 3. The number of carbonyl (C=O) groups excluding carboxylic acids is 2. The molecule has 1 aromatic carbocycles. The van der Waals surface area contributed by atoms with Crippen molar-refractivity contribution in [3.8, 4) is 0 Å². The van der Waals surface area contributed by atoms with E-state index in [1.165, 1.54) is 0 Å². The highest BCUT2D eigenvalue weighted by molar-refractivity contribution is 6.03. The highest BCUT2D eigenvalue weighted by Gasteiger charge is 2.56. The summed E-state index contributed by atoms with van der Waals surface area (Å²) in [4.78, 5) is 30.9. The summed E-state index contributed by atoms with van der Waals surface area (Å²) < 4.78 is 0. The molecular formula is C23H25N3O2. The van der Waals surface area contributed by atoms with Gasteiger partial charge >= 0.3 is 0 Å². The zero-order chi connectivity index (χ0) is 19.7. The molecule has 5 nitrogen and oxygen atoms in total. The van der Waals surface area contributed by atoms with Crippen LogP contribution >= 0.6 is 0 Å². The normalized spacial score (nSPS) is 22.9. The van der Waals surface area contributed by atoms with E-state index in [2.05, 4.69) is 35.1 Å². The number of aldehydes is 1.